The molecular weight excluding hydrogens is 352 g/mol. The van der Waals surface area contributed by atoms with E-state index in [-0.39, 0.29) is 23.8 Å². The number of hydrogen-bond acceptors (Lipinski definition) is 4. The van der Waals surface area contributed by atoms with Crippen LogP contribution in [0.1, 0.15) is 50.9 Å². The molecule has 0 bridgehead atoms. The fraction of sp³-hybridized carbons (Fsp3) is 0.500. The van der Waals surface area contributed by atoms with E-state index in [1.165, 1.54) is 0 Å². The van der Waals surface area contributed by atoms with Crippen LogP contribution in [0.4, 0.5) is 0 Å². The van der Waals surface area contributed by atoms with Crippen molar-refractivity contribution in [3.8, 4) is 5.75 Å². The van der Waals surface area contributed by atoms with Gasteiger partial charge in [0.15, 0.2) is 5.11 Å². The summed E-state index contributed by atoms with van der Waals surface area (Å²) in [5, 5.41) is 6.17. The fourth-order valence-electron chi connectivity index (χ4n) is 2.04. The molecule has 0 saturated carbocycles. The fourth-order valence-corrected chi connectivity index (χ4v) is 2.40. The predicted molar refractivity (Wildman–Crippen MR) is 106 cm³/mol. The lowest BCUT2D eigenvalue weighted by Gasteiger charge is -2.23. The zero-order valence-corrected chi connectivity index (χ0v) is 16.6. The number of benzene rings is 1. The summed E-state index contributed by atoms with van der Waals surface area (Å²) in [6.07, 6.45) is 0.772. The number of carbonyl (C=O) groups excluding carboxylic acids is 2. The van der Waals surface area contributed by atoms with Gasteiger partial charge in [-0.15, -0.1) is 0 Å². The molecule has 1 aromatic rings. The number of thiocarbonyl (C=S) groups is 1. The van der Waals surface area contributed by atoms with Gasteiger partial charge in [-0.3, -0.25) is 20.4 Å². The number of hydrogen-bond donors (Lipinski definition) is 4. The Morgan fingerprint density at radius 2 is 1.85 bits per heavy atom. The minimum atomic E-state index is -0.219. The Bertz CT molecular complexity index is 629. The Balaban J connectivity index is 2.28. The van der Waals surface area contributed by atoms with Gasteiger partial charge in [0.05, 0.1) is 12.2 Å². The minimum Gasteiger partial charge on any atom is -0.493 e. The lowest BCUT2D eigenvalue weighted by Crippen LogP contribution is -2.52. The molecule has 26 heavy (non-hydrogen) atoms. The molecule has 7 nitrogen and oxygen atoms in total. The van der Waals surface area contributed by atoms with Gasteiger partial charge in [-0.2, -0.15) is 0 Å². The van der Waals surface area contributed by atoms with Gasteiger partial charge in [-0.25, -0.2) is 0 Å². The van der Waals surface area contributed by atoms with Crippen molar-refractivity contribution >= 4 is 29.1 Å². The van der Waals surface area contributed by atoms with Gasteiger partial charge in [0, 0.05) is 18.5 Å². The highest BCUT2D eigenvalue weighted by molar-refractivity contribution is 7.80. The Morgan fingerprint density at radius 3 is 2.50 bits per heavy atom. The average molecular weight is 381 g/mol. The third-order valence-electron chi connectivity index (χ3n) is 3.10. The van der Waals surface area contributed by atoms with E-state index >= 15 is 0 Å². The largest absolute Gasteiger partial charge is 0.493 e. The van der Waals surface area contributed by atoms with Crippen LogP contribution in [0.25, 0.3) is 0 Å². The smallest absolute Gasteiger partial charge is 0.255 e. The number of amides is 2. The summed E-state index contributed by atoms with van der Waals surface area (Å²) in [7, 11) is 0. The van der Waals surface area contributed by atoms with Crippen molar-refractivity contribution in [2.45, 2.75) is 46.1 Å². The summed E-state index contributed by atoms with van der Waals surface area (Å²) >= 11 is 5.07. The van der Waals surface area contributed by atoms with Gasteiger partial charge in [-0.05, 0) is 58.5 Å². The summed E-state index contributed by atoms with van der Waals surface area (Å²) < 4.78 is 5.44. The third-order valence-corrected chi connectivity index (χ3v) is 3.31. The number of para-hydroxylation sites is 1. The number of rotatable bonds is 7. The van der Waals surface area contributed by atoms with Crippen LogP contribution in [0.5, 0.6) is 5.75 Å². The van der Waals surface area contributed by atoms with Crippen LogP contribution in [0.2, 0.25) is 0 Å². The molecule has 0 aromatic heterocycles. The van der Waals surface area contributed by atoms with Gasteiger partial charge in [0.1, 0.15) is 5.75 Å². The molecule has 0 saturated heterocycles. The normalized spacial score (nSPS) is 10.6. The lowest BCUT2D eigenvalue weighted by atomic mass is 10.1. The molecule has 1 rings (SSSR count). The summed E-state index contributed by atoms with van der Waals surface area (Å²) in [4.78, 5) is 24.0. The zero-order valence-electron chi connectivity index (χ0n) is 15.8. The summed E-state index contributed by atoms with van der Waals surface area (Å²) in [5.74, 6) is 0.129. The van der Waals surface area contributed by atoms with Crippen LogP contribution < -0.4 is 26.2 Å². The maximum atomic E-state index is 12.2. The number of ether oxygens (including phenoxy) is 1. The number of nitrogens with one attached hydrogen (secondary N) is 4. The van der Waals surface area contributed by atoms with Gasteiger partial charge < -0.3 is 15.4 Å². The maximum Gasteiger partial charge on any atom is 0.255 e. The molecule has 144 valence electrons. The van der Waals surface area contributed by atoms with Crippen molar-refractivity contribution in [1.82, 2.24) is 21.5 Å². The molecule has 0 spiro atoms. The quantitative estimate of drug-likeness (QED) is 0.328. The Hall–Kier alpha value is -2.35. The SMILES string of the molecule is CCOc1ccccc1C(=O)NCCCC(=O)NNC(=S)NC(C)(C)C. The van der Waals surface area contributed by atoms with Crippen LogP contribution in [-0.2, 0) is 4.79 Å². The van der Waals surface area contributed by atoms with E-state index in [0.717, 1.165) is 0 Å². The molecule has 0 atom stereocenters. The second-order valence-electron chi connectivity index (χ2n) is 6.67. The topological polar surface area (TPSA) is 91.5 Å². The van der Waals surface area contributed by atoms with Crippen molar-refractivity contribution in [3.63, 3.8) is 0 Å². The van der Waals surface area contributed by atoms with E-state index in [9.17, 15) is 9.59 Å². The minimum absolute atomic E-state index is 0.184. The molecular formula is C18H28N4O3S. The van der Waals surface area contributed by atoms with Crippen LogP contribution in [0, 0.1) is 0 Å². The molecule has 8 heteroatoms. The van der Waals surface area contributed by atoms with E-state index in [4.69, 9.17) is 17.0 Å². The lowest BCUT2D eigenvalue weighted by molar-refractivity contribution is -0.121. The highest BCUT2D eigenvalue weighted by atomic mass is 32.1. The van der Waals surface area contributed by atoms with Crippen molar-refractivity contribution in [2.75, 3.05) is 13.2 Å². The summed E-state index contributed by atoms with van der Waals surface area (Å²) in [6, 6.07) is 7.06. The Morgan fingerprint density at radius 1 is 1.15 bits per heavy atom. The monoisotopic (exact) mass is 380 g/mol. The van der Waals surface area contributed by atoms with E-state index in [1.54, 1.807) is 18.2 Å². The standard InChI is InChI=1S/C18H28N4O3S/c1-5-25-14-10-7-6-9-13(14)16(24)19-12-8-11-15(23)21-22-17(26)20-18(2,3)4/h6-7,9-10H,5,8,11-12H2,1-4H3,(H,19,24)(H,21,23)(H2,20,22,26). The molecule has 1 aromatic carbocycles. The molecule has 4 N–H and O–H groups in total. The van der Waals surface area contributed by atoms with E-state index in [0.29, 0.717) is 36.0 Å². The van der Waals surface area contributed by atoms with Gasteiger partial charge in [0.2, 0.25) is 5.91 Å². The Labute approximate surface area is 160 Å². The number of carbonyl (C=O) groups is 2. The molecule has 2 amide bonds. The van der Waals surface area contributed by atoms with E-state index in [2.05, 4.69) is 21.5 Å². The van der Waals surface area contributed by atoms with Crippen molar-refractivity contribution < 1.29 is 14.3 Å². The zero-order chi connectivity index (χ0) is 19.6. The average Bonchev–Trinajstić information content (AvgIpc) is 2.56. The summed E-state index contributed by atoms with van der Waals surface area (Å²) in [6.45, 7) is 8.64. The van der Waals surface area contributed by atoms with Crippen molar-refractivity contribution in [2.24, 2.45) is 0 Å². The van der Waals surface area contributed by atoms with Gasteiger partial charge >= 0.3 is 0 Å². The van der Waals surface area contributed by atoms with Crippen molar-refractivity contribution in [3.05, 3.63) is 29.8 Å². The second kappa shape index (κ2) is 10.6. The summed E-state index contributed by atoms with van der Waals surface area (Å²) in [5.41, 5.74) is 5.48. The molecule has 0 radical (unpaired) electrons. The first kappa shape index (κ1) is 21.7. The van der Waals surface area contributed by atoms with Gasteiger partial charge in [-0.1, -0.05) is 12.1 Å². The molecule has 0 aliphatic heterocycles. The molecule has 0 unspecified atom stereocenters. The third kappa shape index (κ3) is 8.66. The van der Waals surface area contributed by atoms with E-state index in [1.807, 2.05) is 33.8 Å². The first-order valence-electron chi connectivity index (χ1n) is 8.60. The van der Waals surface area contributed by atoms with Crippen LogP contribution >= 0.6 is 12.2 Å². The highest BCUT2D eigenvalue weighted by Gasteiger charge is 2.12. The van der Waals surface area contributed by atoms with Crippen LogP contribution in [-0.4, -0.2) is 35.6 Å². The first-order valence-corrected chi connectivity index (χ1v) is 9.00. The number of hydrazine groups is 1. The first-order chi connectivity index (χ1) is 12.2. The van der Waals surface area contributed by atoms with Crippen LogP contribution in [0.15, 0.2) is 24.3 Å². The van der Waals surface area contributed by atoms with Crippen LogP contribution in [0.3, 0.4) is 0 Å². The maximum absolute atomic E-state index is 12.2. The molecule has 0 aliphatic carbocycles. The van der Waals surface area contributed by atoms with Gasteiger partial charge in [0.25, 0.3) is 5.91 Å². The Kier molecular flexibility index (Phi) is 8.84. The molecule has 0 fully saturated rings. The molecule has 0 aliphatic rings. The predicted octanol–water partition coefficient (Wildman–Crippen LogP) is 1.89. The second-order valence-corrected chi connectivity index (χ2v) is 7.07. The molecule has 0 heterocycles. The highest BCUT2D eigenvalue weighted by Crippen LogP contribution is 2.17. The van der Waals surface area contributed by atoms with Crippen molar-refractivity contribution in [1.29, 1.82) is 0 Å². The van der Waals surface area contributed by atoms with E-state index < -0.39 is 0 Å².